The molecule has 2 heterocycles. The molecule has 0 aliphatic carbocycles. The normalized spacial score (nSPS) is 11.9. The van der Waals surface area contributed by atoms with Crippen LogP contribution in [0, 0.1) is 18.3 Å². The van der Waals surface area contributed by atoms with Crippen molar-refractivity contribution in [1.82, 2.24) is 9.38 Å². The van der Waals surface area contributed by atoms with E-state index in [0.29, 0.717) is 0 Å². The molecule has 0 fully saturated rings. The Morgan fingerprint density at radius 1 is 1.53 bits per heavy atom. The van der Waals surface area contributed by atoms with Crippen molar-refractivity contribution in [3.05, 3.63) is 22.5 Å². The summed E-state index contributed by atoms with van der Waals surface area (Å²) in [6.07, 6.45) is -3.11. The minimum atomic E-state index is -4.58. The predicted molar refractivity (Wildman–Crippen MR) is 47.5 cm³/mol. The van der Waals surface area contributed by atoms with Gasteiger partial charge in [-0.15, -0.1) is 11.3 Å². The second kappa shape index (κ2) is 2.97. The fourth-order valence-corrected chi connectivity index (χ4v) is 2.09. The molecule has 0 aromatic carbocycles. The van der Waals surface area contributed by atoms with Gasteiger partial charge < -0.3 is 0 Å². The van der Waals surface area contributed by atoms with E-state index in [1.54, 1.807) is 6.92 Å². The number of imidazole rings is 1. The molecule has 2 aromatic heterocycles. The average Bonchev–Trinajstić information content (AvgIpc) is 2.58. The standard InChI is InChI=1S/C8H4F3N3S/c1-4-3-14-5(2-12)6(8(9,10)11)13-7(14)15-4/h3H,1H3. The number of nitriles is 1. The van der Waals surface area contributed by atoms with Gasteiger partial charge >= 0.3 is 6.18 Å². The van der Waals surface area contributed by atoms with E-state index in [-0.39, 0.29) is 4.96 Å². The number of halogens is 3. The molecule has 2 aromatic rings. The van der Waals surface area contributed by atoms with Gasteiger partial charge in [-0.05, 0) is 6.92 Å². The van der Waals surface area contributed by atoms with Crippen LogP contribution in [-0.2, 0) is 6.18 Å². The van der Waals surface area contributed by atoms with Gasteiger partial charge in [0.05, 0.1) is 0 Å². The van der Waals surface area contributed by atoms with Crippen molar-refractivity contribution < 1.29 is 13.2 Å². The Kier molecular flexibility index (Phi) is 1.98. The van der Waals surface area contributed by atoms with E-state index in [0.717, 1.165) is 16.2 Å². The fourth-order valence-electron chi connectivity index (χ4n) is 1.26. The van der Waals surface area contributed by atoms with Gasteiger partial charge in [0.2, 0.25) is 0 Å². The molecule has 0 N–H and O–H groups in total. The summed E-state index contributed by atoms with van der Waals surface area (Å²) in [4.78, 5) is 4.41. The monoisotopic (exact) mass is 231 g/mol. The van der Waals surface area contributed by atoms with Crippen molar-refractivity contribution >= 4 is 16.3 Å². The summed E-state index contributed by atoms with van der Waals surface area (Å²) in [5.41, 5.74) is -1.57. The highest BCUT2D eigenvalue weighted by molar-refractivity contribution is 7.17. The Morgan fingerprint density at radius 2 is 2.20 bits per heavy atom. The molecule has 0 bridgehead atoms. The van der Waals surface area contributed by atoms with E-state index in [4.69, 9.17) is 5.26 Å². The van der Waals surface area contributed by atoms with Crippen molar-refractivity contribution in [2.75, 3.05) is 0 Å². The lowest BCUT2D eigenvalue weighted by Gasteiger charge is -2.01. The van der Waals surface area contributed by atoms with E-state index in [9.17, 15) is 13.2 Å². The summed E-state index contributed by atoms with van der Waals surface area (Å²) in [6, 6.07) is 1.53. The Balaban J connectivity index is 2.78. The van der Waals surface area contributed by atoms with Crippen LogP contribution >= 0.6 is 11.3 Å². The Hall–Kier alpha value is -1.55. The molecule has 0 radical (unpaired) electrons. The summed E-state index contributed by atoms with van der Waals surface area (Å²) in [7, 11) is 0. The maximum atomic E-state index is 12.4. The number of thiazole rings is 1. The molecular weight excluding hydrogens is 227 g/mol. The quantitative estimate of drug-likeness (QED) is 0.699. The van der Waals surface area contributed by atoms with E-state index < -0.39 is 17.6 Å². The number of aromatic nitrogens is 2. The third-order valence-corrected chi connectivity index (χ3v) is 2.71. The summed E-state index contributed by atoms with van der Waals surface area (Å²) in [5, 5.41) is 8.67. The van der Waals surface area contributed by atoms with Gasteiger partial charge in [0.1, 0.15) is 6.07 Å². The molecule has 3 nitrogen and oxygen atoms in total. The van der Waals surface area contributed by atoms with Crippen LogP contribution in [0.15, 0.2) is 6.20 Å². The second-order valence-corrected chi connectivity index (χ2v) is 4.13. The van der Waals surface area contributed by atoms with Gasteiger partial charge in [0.15, 0.2) is 16.3 Å². The molecule has 0 saturated carbocycles. The van der Waals surface area contributed by atoms with E-state index in [1.165, 1.54) is 16.7 Å². The summed E-state index contributed by atoms with van der Waals surface area (Å²) in [5.74, 6) is 0. The van der Waals surface area contributed by atoms with Crippen molar-refractivity contribution in [2.24, 2.45) is 0 Å². The molecule has 0 spiro atoms. The second-order valence-electron chi connectivity index (χ2n) is 2.91. The Labute approximate surface area is 86.4 Å². The average molecular weight is 231 g/mol. The van der Waals surface area contributed by atoms with Crippen LogP contribution < -0.4 is 0 Å². The highest BCUT2D eigenvalue weighted by Gasteiger charge is 2.38. The number of aryl methyl sites for hydroxylation is 1. The van der Waals surface area contributed by atoms with Crippen LogP contribution in [0.3, 0.4) is 0 Å². The van der Waals surface area contributed by atoms with Gasteiger partial charge in [0.25, 0.3) is 0 Å². The molecule has 0 saturated heterocycles. The third kappa shape index (κ3) is 1.47. The van der Waals surface area contributed by atoms with Crippen LogP contribution in [0.5, 0.6) is 0 Å². The first-order valence-electron chi connectivity index (χ1n) is 3.89. The fraction of sp³-hybridized carbons (Fsp3) is 0.250. The molecular formula is C8H4F3N3S. The largest absolute Gasteiger partial charge is 0.436 e. The molecule has 0 unspecified atom stereocenters. The zero-order valence-corrected chi connectivity index (χ0v) is 8.28. The topological polar surface area (TPSA) is 41.1 Å². The molecule has 78 valence electrons. The Morgan fingerprint density at radius 3 is 2.73 bits per heavy atom. The molecule has 0 aliphatic rings. The third-order valence-electron chi connectivity index (χ3n) is 1.82. The van der Waals surface area contributed by atoms with E-state index in [2.05, 4.69) is 4.98 Å². The summed E-state index contributed by atoms with van der Waals surface area (Å²) < 4.78 is 38.5. The van der Waals surface area contributed by atoms with Gasteiger partial charge in [-0.3, -0.25) is 4.40 Å². The van der Waals surface area contributed by atoms with Gasteiger partial charge in [-0.1, -0.05) is 0 Å². The van der Waals surface area contributed by atoms with Gasteiger partial charge in [-0.2, -0.15) is 18.4 Å². The number of fused-ring (bicyclic) bond motifs is 1. The van der Waals surface area contributed by atoms with Crippen LogP contribution in [0.2, 0.25) is 0 Å². The number of hydrogen-bond donors (Lipinski definition) is 0. The predicted octanol–water partition coefficient (Wildman–Crippen LogP) is 2.59. The summed E-state index contributed by atoms with van der Waals surface area (Å²) in [6.45, 7) is 1.74. The highest BCUT2D eigenvalue weighted by atomic mass is 32.1. The lowest BCUT2D eigenvalue weighted by Crippen LogP contribution is -2.08. The van der Waals surface area contributed by atoms with Crippen LogP contribution in [0.1, 0.15) is 16.3 Å². The lowest BCUT2D eigenvalue weighted by molar-refractivity contribution is -0.141. The van der Waals surface area contributed by atoms with E-state index in [1.807, 2.05) is 0 Å². The zero-order chi connectivity index (χ0) is 11.2. The molecule has 2 rings (SSSR count). The number of alkyl halides is 3. The number of rotatable bonds is 0. The first kappa shape index (κ1) is 9.98. The van der Waals surface area contributed by atoms with Crippen molar-refractivity contribution in [3.63, 3.8) is 0 Å². The van der Waals surface area contributed by atoms with Crippen LogP contribution in [-0.4, -0.2) is 9.38 Å². The lowest BCUT2D eigenvalue weighted by atomic mass is 10.3. The maximum Gasteiger partial charge on any atom is 0.436 e. The minimum absolute atomic E-state index is 0.191. The first-order chi connectivity index (χ1) is 6.93. The van der Waals surface area contributed by atoms with Crippen molar-refractivity contribution in [1.29, 1.82) is 5.26 Å². The van der Waals surface area contributed by atoms with E-state index >= 15 is 0 Å². The number of hydrogen-bond acceptors (Lipinski definition) is 3. The van der Waals surface area contributed by atoms with Crippen LogP contribution in [0.4, 0.5) is 13.2 Å². The van der Waals surface area contributed by atoms with Gasteiger partial charge in [-0.25, -0.2) is 4.98 Å². The highest BCUT2D eigenvalue weighted by Crippen LogP contribution is 2.33. The smallest absolute Gasteiger partial charge is 0.281 e. The molecule has 0 amide bonds. The molecule has 0 atom stereocenters. The Bertz CT molecular complexity index is 558. The van der Waals surface area contributed by atoms with Gasteiger partial charge in [0, 0.05) is 11.1 Å². The minimum Gasteiger partial charge on any atom is -0.281 e. The first-order valence-corrected chi connectivity index (χ1v) is 4.71. The molecule has 7 heteroatoms. The SMILES string of the molecule is Cc1cn2c(C#N)c(C(F)(F)F)nc2s1. The van der Waals surface area contributed by atoms with Crippen molar-refractivity contribution in [3.8, 4) is 6.07 Å². The van der Waals surface area contributed by atoms with Crippen LogP contribution in [0.25, 0.3) is 4.96 Å². The number of nitrogens with zero attached hydrogens (tertiary/aromatic N) is 3. The van der Waals surface area contributed by atoms with Crippen molar-refractivity contribution in [2.45, 2.75) is 13.1 Å². The molecule has 0 aliphatic heterocycles. The summed E-state index contributed by atoms with van der Waals surface area (Å²) >= 11 is 1.12. The molecule has 15 heavy (non-hydrogen) atoms. The maximum absolute atomic E-state index is 12.4. The zero-order valence-electron chi connectivity index (χ0n) is 7.46.